The van der Waals surface area contributed by atoms with Gasteiger partial charge in [0.15, 0.2) is 5.69 Å². The normalized spacial score (nSPS) is 18.1. The lowest BCUT2D eigenvalue weighted by Gasteiger charge is -2.34. The van der Waals surface area contributed by atoms with Crippen LogP contribution in [0, 0.1) is 0 Å². The predicted molar refractivity (Wildman–Crippen MR) is 95.1 cm³/mol. The first-order chi connectivity index (χ1) is 12.4. The molecule has 1 saturated heterocycles. The zero-order valence-electron chi connectivity index (χ0n) is 15.0. The molecule has 1 fully saturated rings. The molecule has 0 spiro atoms. The number of nitrogens with one attached hydrogen (secondary N) is 2. The van der Waals surface area contributed by atoms with E-state index >= 15 is 0 Å². The summed E-state index contributed by atoms with van der Waals surface area (Å²) in [5.74, 6) is -0.0561. The number of amides is 1. The molecule has 3 heterocycles. The molecule has 0 unspecified atom stereocenters. The molecule has 3 rings (SSSR count). The summed E-state index contributed by atoms with van der Waals surface area (Å²) in [6.07, 6.45) is -2.88. The zero-order chi connectivity index (χ0) is 18.6. The molecular weight excluding hydrogens is 387 g/mol. The van der Waals surface area contributed by atoms with Crippen molar-refractivity contribution in [3.8, 4) is 0 Å². The van der Waals surface area contributed by atoms with E-state index in [2.05, 4.69) is 25.2 Å². The molecule has 2 aliphatic rings. The second kappa shape index (κ2) is 9.72. The Morgan fingerprint density at radius 2 is 1.96 bits per heavy atom. The number of aromatic nitrogens is 2. The van der Waals surface area contributed by atoms with Crippen molar-refractivity contribution in [3.05, 3.63) is 17.0 Å². The second-order valence-electron chi connectivity index (χ2n) is 6.61. The van der Waals surface area contributed by atoms with Crippen LogP contribution in [-0.4, -0.2) is 84.6 Å². The highest BCUT2D eigenvalue weighted by Crippen LogP contribution is 2.18. The number of rotatable bonds is 6. The van der Waals surface area contributed by atoms with Gasteiger partial charge < -0.3 is 15.0 Å². The van der Waals surface area contributed by atoms with Gasteiger partial charge in [0, 0.05) is 70.1 Å². The Kier molecular flexibility index (Phi) is 7.90. The van der Waals surface area contributed by atoms with E-state index in [4.69, 9.17) is 0 Å². The minimum atomic E-state index is -4.27. The van der Waals surface area contributed by atoms with Gasteiger partial charge in [0.25, 0.3) is 5.91 Å². The van der Waals surface area contributed by atoms with Gasteiger partial charge in [0.05, 0.1) is 0 Å². The van der Waals surface area contributed by atoms with E-state index < -0.39 is 12.8 Å². The number of H-pyrrole nitrogens is 1. The van der Waals surface area contributed by atoms with Gasteiger partial charge in [-0.25, -0.2) is 0 Å². The molecule has 0 radical (unpaired) electrons. The highest BCUT2D eigenvalue weighted by Gasteiger charge is 2.29. The van der Waals surface area contributed by atoms with E-state index in [-0.39, 0.29) is 24.9 Å². The standard InChI is InChI=1S/C16H24F3N5O2.ClH/c17-16(18,19)11-26-9-1-4-23-5-7-24(8-6-23)15(25)14-12-10-20-3-2-13(12)21-22-14;/h20H,1-11H2,(H,21,22);1H. The van der Waals surface area contributed by atoms with Crippen molar-refractivity contribution < 1.29 is 22.7 Å². The summed E-state index contributed by atoms with van der Waals surface area (Å²) < 4.78 is 40.6. The van der Waals surface area contributed by atoms with Crippen molar-refractivity contribution in [2.75, 3.05) is 52.5 Å². The molecule has 27 heavy (non-hydrogen) atoms. The molecule has 0 bridgehead atoms. The maximum atomic E-state index is 12.7. The van der Waals surface area contributed by atoms with Crippen LogP contribution in [-0.2, 0) is 17.7 Å². The van der Waals surface area contributed by atoms with Crippen molar-refractivity contribution in [2.24, 2.45) is 0 Å². The predicted octanol–water partition coefficient (Wildman–Crippen LogP) is 1.20. The van der Waals surface area contributed by atoms with Crippen LogP contribution in [0.1, 0.15) is 28.2 Å². The third-order valence-electron chi connectivity index (χ3n) is 4.70. The number of halogens is 4. The van der Waals surface area contributed by atoms with Crippen molar-refractivity contribution in [2.45, 2.75) is 25.6 Å². The highest BCUT2D eigenvalue weighted by atomic mass is 35.5. The summed E-state index contributed by atoms with van der Waals surface area (Å²) in [6, 6.07) is 0. The summed E-state index contributed by atoms with van der Waals surface area (Å²) in [5.41, 5.74) is 2.50. The second-order valence-corrected chi connectivity index (χ2v) is 6.61. The van der Waals surface area contributed by atoms with Crippen molar-refractivity contribution in [1.29, 1.82) is 0 Å². The maximum Gasteiger partial charge on any atom is 0.411 e. The summed E-state index contributed by atoms with van der Waals surface area (Å²) in [6.45, 7) is 3.70. The summed E-state index contributed by atoms with van der Waals surface area (Å²) in [7, 11) is 0. The van der Waals surface area contributed by atoms with Crippen LogP contribution in [0.5, 0.6) is 0 Å². The number of nitrogens with zero attached hydrogens (tertiary/aromatic N) is 3. The van der Waals surface area contributed by atoms with Gasteiger partial charge >= 0.3 is 6.18 Å². The number of piperazine rings is 1. The lowest BCUT2D eigenvalue weighted by molar-refractivity contribution is -0.174. The van der Waals surface area contributed by atoms with E-state index in [0.717, 1.165) is 24.2 Å². The highest BCUT2D eigenvalue weighted by molar-refractivity contribution is 5.94. The van der Waals surface area contributed by atoms with E-state index in [0.29, 0.717) is 51.4 Å². The van der Waals surface area contributed by atoms with Gasteiger partial charge in [-0.05, 0) is 6.42 Å². The van der Waals surface area contributed by atoms with Gasteiger partial charge in [-0.3, -0.25) is 14.8 Å². The van der Waals surface area contributed by atoms with Crippen molar-refractivity contribution in [3.63, 3.8) is 0 Å². The number of ether oxygens (including phenoxy) is 1. The van der Waals surface area contributed by atoms with Crippen molar-refractivity contribution >= 4 is 18.3 Å². The first-order valence-electron chi connectivity index (χ1n) is 8.87. The number of hydrogen-bond acceptors (Lipinski definition) is 5. The van der Waals surface area contributed by atoms with Gasteiger partial charge in [0.2, 0.25) is 0 Å². The largest absolute Gasteiger partial charge is 0.411 e. The number of aromatic amines is 1. The van der Waals surface area contributed by atoms with Crippen molar-refractivity contribution in [1.82, 2.24) is 25.3 Å². The summed E-state index contributed by atoms with van der Waals surface area (Å²) in [4.78, 5) is 16.6. The molecule has 0 aliphatic carbocycles. The van der Waals surface area contributed by atoms with E-state index in [9.17, 15) is 18.0 Å². The average Bonchev–Trinajstić information content (AvgIpc) is 3.04. The monoisotopic (exact) mass is 411 g/mol. The van der Waals surface area contributed by atoms with Crippen LogP contribution >= 0.6 is 12.4 Å². The number of carbonyl (C=O) groups is 1. The summed E-state index contributed by atoms with van der Waals surface area (Å²) >= 11 is 0. The first-order valence-corrected chi connectivity index (χ1v) is 8.87. The van der Waals surface area contributed by atoms with Gasteiger partial charge in [0.1, 0.15) is 6.61 Å². The molecule has 2 N–H and O–H groups in total. The van der Waals surface area contributed by atoms with E-state index in [1.54, 1.807) is 4.90 Å². The maximum absolute atomic E-state index is 12.7. The van der Waals surface area contributed by atoms with E-state index in [1.807, 2.05) is 0 Å². The molecule has 154 valence electrons. The third-order valence-corrected chi connectivity index (χ3v) is 4.70. The number of hydrogen-bond donors (Lipinski definition) is 2. The van der Waals surface area contributed by atoms with Crippen LogP contribution < -0.4 is 5.32 Å². The fourth-order valence-electron chi connectivity index (χ4n) is 3.30. The van der Waals surface area contributed by atoms with Crippen LogP contribution in [0.2, 0.25) is 0 Å². The minimum absolute atomic E-state index is 0. The van der Waals surface area contributed by atoms with Crippen LogP contribution in [0.15, 0.2) is 0 Å². The third kappa shape index (κ3) is 6.06. The Hall–Kier alpha value is -1.36. The number of fused-ring (bicyclic) bond motifs is 1. The van der Waals surface area contributed by atoms with Crippen LogP contribution in [0.25, 0.3) is 0 Å². The Labute approximate surface area is 162 Å². The molecule has 1 aromatic rings. The minimum Gasteiger partial charge on any atom is -0.372 e. The van der Waals surface area contributed by atoms with E-state index in [1.165, 1.54) is 0 Å². The average molecular weight is 412 g/mol. The Morgan fingerprint density at radius 1 is 1.22 bits per heavy atom. The Morgan fingerprint density at radius 3 is 2.67 bits per heavy atom. The molecule has 1 amide bonds. The fourth-order valence-corrected chi connectivity index (χ4v) is 3.30. The SMILES string of the molecule is Cl.O=C(c1n[nH]c2c1CNCC2)N1CCN(CCCOCC(F)(F)F)CC1. The number of carbonyl (C=O) groups excluding carboxylic acids is 1. The fraction of sp³-hybridized carbons (Fsp3) is 0.750. The first kappa shape index (κ1) is 21.9. The zero-order valence-corrected chi connectivity index (χ0v) is 15.8. The molecular formula is C16H25ClF3N5O2. The van der Waals surface area contributed by atoms with Crippen LogP contribution in [0.4, 0.5) is 13.2 Å². The lowest BCUT2D eigenvalue weighted by atomic mass is 10.1. The lowest BCUT2D eigenvalue weighted by Crippen LogP contribution is -2.49. The molecule has 0 saturated carbocycles. The Bertz CT molecular complexity index is 618. The number of alkyl halides is 3. The van der Waals surface area contributed by atoms with Gasteiger partial charge in [-0.15, -0.1) is 12.4 Å². The topological polar surface area (TPSA) is 73.5 Å². The molecule has 0 aromatic carbocycles. The quantitative estimate of drug-likeness (QED) is 0.688. The van der Waals surface area contributed by atoms with Gasteiger partial charge in [-0.2, -0.15) is 18.3 Å². The van der Waals surface area contributed by atoms with Crippen LogP contribution in [0.3, 0.4) is 0 Å². The molecule has 2 aliphatic heterocycles. The molecule has 11 heteroatoms. The molecule has 1 aromatic heterocycles. The molecule has 7 nitrogen and oxygen atoms in total. The van der Waals surface area contributed by atoms with Gasteiger partial charge in [-0.1, -0.05) is 0 Å². The smallest absolute Gasteiger partial charge is 0.372 e. The Balaban J connectivity index is 0.00000261. The molecule has 0 atom stereocenters. The summed E-state index contributed by atoms with van der Waals surface area (Å²) in [5, 5.41) is 10.4.